The Bertz CT molecular complexity index is 783. The number of methoxy groups -OCH3 is 3. The molecule has 2 rings (SSSR count). The number of aromatic hydroxyl groups is 1. The zero-order chi connectivity index (χ0) is 17.7. The molecule has 0 radical (unpaired) electrons. The molecule has 0 amide bonds. The summed E-state index contributed by atoms with van der Waals surface area (Å²) in [5.41, 5.74) is 1.03. The van der Waals surface area contributed by atoms with Crippen molar-refractivity contribution in [2.24, 2.45) is 0 Å². The lowest BCUT2D eigenvalue weighted by Gasteiger charge is -2.08. The Morgan fingerprint density at radius 3 is 2.38 bits per heavy atom. The molecule has 0 aliphatic rings. The maximum Gasteiger partial charge on any atom is 0.189 e. The summed E-state index contributed by atoms with van der Waals surface area (Å²) in [6.45, 7) is 0. The minimum absolute atomic E-state index is 0.00763. The van der Waals surface area contributed by atoms with Gasteiger partial charge in [-0.05, 0) is 48.0 Å². The maximum absolute atomic E-state index is 12.5. The number of benzene rings is 2. The Balaban J connectivity index is 2.33. The SMILES string of the molecule is COc1ccc(OC)c(C(=O)/C=C/c2cc(O)c(OC)cc2Br)c1. The van der Waals surface area contributed by atoms with E-state index in [1.54, 1.807) is 30.3 Å². The fourth-order valence-electron chi connectivity index (χ4n) is 2.11. The minimum Gasteiger partial charge on any atom is -0.504 e. The molecule has 0 aliphatic heterocycles. The lowest BCUT2D eigenvalue weighted by atomic mass is 10.1. The van der Waals surface area contributed by atoms with Crippen LogP contribution in [0.15, 0.2) is 40.9 Å². The van der Waals surface area contributed by atoms with Gasteiger partial charge in [-0.25, -0.2) is 0 Å². The minimum atomic E-state index is -0.243. The number of allylic oxidation sites excluding steroid dienone is 1. The molecule has 1 N–H and O–H groups in total. The first kappa shape index (κ1) is 17.9. The van der Waals surface area contributed by atoms with Gasteiger partial charge in [-0.3, -0.25) is 4.79 Å². The average Bonchev–Trinajstić information content (AvgIpc) is 2.61. The van der Waals surface area contributed by atoms with Gasteiger partial charge in [-0.2, -0.15) is 0 Å². The van der Waals surface area contributed by atoms with Crippen LogP contribution < -0.4 is 14.2 Å². The molecule has 0 aromatic heterocycles. The lowest BCUT2D eigenvalue weighted by molar-refractivity contribution is 0.104. The third-order valence-electron chi connectivity index (χ3n) is 3.38. The monoisotopic (exact) mass is 392 g/mol. The molecule has 0 fully saturated rings. The van der Waals surface area contributed by atoms with Crippen molar-refractivity contribution in [2.75, 3.05) is 21.3 Å². The number of ketones is 1. The molecule has 2 aromatic carbocycles. The second-order valence-corrected chi connectivity index (χ2v) is 5.66. The second kappa shape index (κ2) is 7.88. The first-order chi connectivity index (χ1) is 11.5. The number of hydrogen-bond acceptors (Lipinski definition) is 5. The van der Waals surface area contributed by atoms with Crippen LogP contribution in [0.2, 0.25) is 0 Å². The van der Waals surface area contributed by atoms with Crippen LogP contribution in [0.3, 0.4) is 0 Å². The van der Waals surface area contributed by atoms with Crippen molar-refractivity contribution < 1.29 is 24.1 Å². The summed E-state index contributed by atoms with van der Waals surface area (Å²) in [4.78, 5) is 12.5. The molecule has 24 heavy (non-hydrogen) atoms. The highest BCUT2D eigenvalue weighted by atomic mass is 79.9. The van der Waals surface area contributed by atoms with E-state index in [2.05, 4.69) is 15.9 Å². The van der Waals surface area contributed by atoms with E-state index in [9.17, 15) is 9.90 Å². The van der Waals surface area contributed by atoms with Crippen molar-refractivity contribution in [1.82, 2.24) is 0 Å². The van der Waals surface area contributed by atoms with Gasteiger partial charge >= 0.3 is 0 Å². The highest BCUT2D eigenvalue weighted by Crippen LogP contribution is 2.33. The molecule has 0 heterocycles. The van der Waals surface area contributed by atoms with Crippen LogP contribution in [0.25, 0.3) is 6.08 Å². The number of hydrogen-bond donors (Lipinski definition) is 1. The molecule has 0 aliphatic carbocycles. The van der Waals surface area contributed by atoms with Crippen LogP contribution in [0.1, 0.15) is 15.9 Å². The summed E-state index contributed by atoms with van der Waals surface area (Å²) in [7, 11) is 4.50. The topological polar surface area (TPSA) is 65.0 Å². The van der Waals surface area contributed by atoms with Crippen molar-refractivity contribution >= 4 is 27.8 Å². The van der Waals surface area contributed by atoms with Crippen LogP contribution in [0, 0.1) is 0 Å². The van der Waals surface area contributed by atoms with Crippen LogP contribution in [0.4, 0.5) is 0 Å². The van der Waals surface area contributed by atoms with E-state index >= 15 is 0 Å². The lowest BCUT2D eigenvalue weighted by Crippen LogP contribution is -2.00. The fraction of sp³-hybridized carbons (Fsp3) is 0.167. The van der Waals surface area contributed by atoms with Gasteiger partial charge in [-0.15, -0.1) is 0 Å². The number of halogens is 1. The van der Waals surface area contributed by atoms with Crippen LogP contribution in [-0.2, 0) is 0 Å². The Morgan fingerprint density at radius 1 is 1.04 bits per heavy atom. The number of carbonyl (C=O) groups is 1. The van der Waals surface area contributed by atoms with Gasteiger partial charge in [0, 0.05) is 4.47 Å². The molecule has 0 bridgehead atoms. The second-order valence-electron chi connectivity index (χ2n) is 4.81. The Kier molecular flexibility index (Phi) is 5.87. The van der Waals surface area contributed by atoms with Crippen molar-refractivity contribution in [1.29, 1.82) is 0 Å². The van der Waals surface area contributed by atoms with Crippen LogP contribution in [0.5, 0.6) is 23.0 Å². The summed E-state index contributed by atoms with van der Waals surface area (Å²) in [6, 6.07) is 8.15. The van der Waals surface area contributed by atoms with E-state index in [1.807, 2.05) is 0 Å². The van der Waals surface area contributed by atoms with E-state index in [4.69, 9.17) is 14.2 Å². The van der Waals surface area contributed by atoms with E-state index < -0.39 is 0 Å². The summed E-state index contributed by atoms with van der Waals surface area (Å²) in [5, 5.41) is 9.85. The standard InChI is InChI=1S/C18H17BrO5/c1-22-12-5-7-17(23-2)13(9-12)15(20)6-4-11-8-16(21)18(24-3)10-14(11)19/h4-10,21H,1-3H3/b6-4+. The van der Waals surface area contributed by atoms with Gasteiger partial charge in [0.05, 0.1) is 26.9 Å². The van der Waals surface area contributed by atoms with E-state index in [-0.39, 0.29) is 11.5 Å². The molecular weight excluding hydrogens is 376 g/mol. The predicted octanol–water partition coefficient (Wildman–Crippen LogP) is 4.08. The van der Waals surface area contributed by atoms with Crippen LogP contribution >= 0.6 is 15.9 Å². The molecule has 0 saturated carbocycles. The molecule has 0 atom stereocenters. The Labute approximate surface area is 148 Å². The molecule has 126 valence electrons. The Morgan fingerprint density at radius 2 is 1.75 bits per heavy atom. The predicted molar refractivity (Wildman–Crippen MR) is 95.3 cm³/mol. The number of carbonyl (C=O) groups excluding carboxylic acids is 1. The van der Waals surface area contributed by atoms with Gasteiger partial charge in [0.2, 0.25) is 0 Å². The number of phenolic OH excluding ortho intramolecular Hbond substituents is 1. The van der Waals surface area contributed by atoms with E-state index in [0.717, 1.165) is 0 Å². The zero-order valence-corrected chi connectivity index (χ0v) is 15.1. The molecule has 2 aromatic rings. The molecule has 0 unspecified atom stereocenters. The first-order valence-electron chi connectivity index (χ1n) is 7.01. The molecular formula is C18H17BrO5. The fourth-order valence-corrected chi connectivity index (χ4v) is 2.57. The van der Waals surface area contributed by atoms with Gasteiger partial charge in [-0.1, -0.05) is 15.9 Å². The quantitative estimate of drug-likeness (QED) is 0.592. The summed E-state index contributed by atoms with van der Waals surface area (Å²) in [6.07, 6.45) is 3.01. The highest BCUT2D eigenvalue weighted by molar-refractivity contribution is 9.10. The van der Waals surface area contributed by atoms with Gasteiger partial charge in [0.1, 0.15) is 11.5 Å². The van der Waals surface area contributed by atoms with Crippen molar-refractivity contribution in [3.05, 3.63) is 52.0 Å². The third kappa shape index (κ3) is 3.89. The largest absolute Gasteiger partial charge is 0.504 e. The van der Waals surface area contributed by atoms with Gasteiger partial charge in [0.15, 0.2) is 17.3 Å². The highest BCUT2D eigenvalue weighted by Gasteiger charge is 2.12. The van der Waals surface area contributed by atoms with E-state index in [1.165, 1.54) is 33.5 Å². The number of ether oxygens (including phenoxy) is 3. The third-order valence-corrected chi connectivity index (χ3v) is 4.07. The van der Waals surface area contributed by atoms with Crippen molar-refractivity contribution in [2.45, 2.75) is 0 Å². The van der Waals surface area contributed by atoms with Gasteiger partial charge in [0.25, 0.3) is 0 Å². The average molecular weight is 393 g/mol. The smallest absolute Gasteiger partial charge is 0.189 e. The van der Waals surface area contributed by atoms with Crippen molar-refractivity contribution in [3.63, 3.8) is 0 Å². The van der Waals surface area contributed by atoms with E-state index in [0.29, 0.717) is 32.8 Å². The van der Waals surface area contributed by atoms with Crippen molar-refractivity contribution in [3.8, 4) is 23.0 Å². The molecule has 5 nitrogen and oxygen atoms in total. The molecule has 0 spiro atoms. The maximum atomic E-state index is 12.5. The normalized spacial score (nSPS) is 10.7. The molecule has 6 heteroatoms. The summed E-state index contributed by atoms with van der Waals surface area (Å²) < 4.78 is 16.1. The number of phenols is 1. The summed E-state index contributed by atoms with van der Waals surface area (Å²) in [5.74, 6) is 1.12. The summed E-state index contributed by atoms with van der Waals surface area (Å²) >= 11 is 3.38. The zero-order valence-electron chi connectivity index (χ0n) is 13.5. The Hall–Kier alpha value is -2.47. The molecule has 0 saturated heterocycles. The number of rotatable bonds is 6. The van der Waals surface area contributed by atoms with Crippen LogP contribution in [-0.4, -0.2) is 32.2 Å². The first-order valence-corrected chi connectivity index (χ1v) is 7.80. The van der Waals surface area contributed by atoms with Gasteiger partial charge < -0.3 is 19.3 Å².